The van der Waals surface area contributed by atoms with Gasteiger partial charge in [-0.2, -0.15) is 0 Å². The fraction of sp³-hybridized carbons (Fsp3) is 0.310. The number of rotatable bonds is 7. The average molecular weight is 540 g/mol. The lowest BCUT2D eigenvalue weighted by Gasteiger charge is -2.37. The van der Waals surface area contributed by atoms with Gasteiger partial charge in [0, 0.05) is 42.7 Å². The Labute approximate surface area is 228 Å². The third-order valence-corrected chi connectivity index (χ3v) is 6.12. The average Bonchev–Trinajstić information content (AvgIpc) is 2.93. The molecule has 0 spiro atoms. The van der Waals surface area contributed by atoms with Gasteiger partial charge in [0.05, 0.1) is 37.8 Å². The van der Waals surface area contributed by atoms with E-state index in [2.05, 4.69) is 10.3 Å². The van der Waals surface area contributed by atoms with Crippen LogP contribution in [0.1, 0.15) is 37.6 Å². The van der Waals surface area contributed by atoms with Crippen molar-refractivity contribution in [3.8, 4) is 11.5 Å². The standard InChI is InChI=1S/C27H29F2N5O3.C2H6/c1-15-7-6-8-18(9-15)34-21-10-20(19(13-31-3)16(2)30)32-12-17(21)14-33(27(34)35)26-24(28)22(36-4)11-23(37-5)25(26)29;1-2/h6-13,16,31H,14,30H2,1-5H3;1-2H3/b19-13+;. The number of pyridine rings is 1. The summed E-state index contributed by atoms with van der Waals surface area (Å²) in [5.41, 5.74) is 9.46. The summed E-state index contributed by atoms with van der Waals surface area (Å²) in [7, 11) is 4.27. The molecular formula is C29H35F2N5O3. The van der Waals surface area contributed by atoms with Gasteiger partial charge in [-0.1, -0.05) is 26.0 Å². The summed E-state index contributed by atoms with van der Waals surface area (Å²) in [6.07, 6.45) is 3.34. The van der Waals surface area contributed by atoms with E-state index in [-0.39, 0.29) is 24.1 Å². The van der Waals surface area contributed by atoms with Gasteiger partial charge in [-0.05, 0) is 37.6 Å². The summed E-state index contributed by atoms with van der Waals surface area (Å²) < 4.78 is 41.1. The van der Waals surface area contributed by atoms with Gasteiger partial charge >= 0.3 is 6.03 Å². The van der Waals surface area contributed by atoms with E-state index >= 15 is 8.78 Å². The normalized spacial score (nSPS) is 13.8. The number of methoxy groups -OCH3 is 2. The highest BCUT2D eigenvalue weighted by atomic mass is 19.1. The van der Waals surface area contributed by atoms with Crippen LogP contribution in [-0.2, 0) is 6.54 Å². The number of halogens is 2. The molecule has 4 rings (SSSR count). The molecule has 0 saturated carbocycles. The maximum atomic E-state index is 15.4. The SMILES string of the molecule is CC.CN/C=C(/c1cc2c(cn1)CN(c1c(F)c(OC)cc(OC)c1F)C(=O)N2c1cccc(C)c1)C(C)N. The number of fused-ring (bicyclic) bond motifs is 1. The van der Waals surface area contributed by atoms with Crippen molar-refractivity contribution in [3.05, 3.63) is 77.3 Å². The number of anilines is 3. The first-order valence-corrected chi connectivity index (χ1v) is 12.6. The molecular weight excluding hydrogens is 504 g/mol. The molecule has 3 aromatic rings. The molecule has 0 aliphatic carbocycles. The van der Waals surface area contributed by atoms with E-state index in [1.54, 1.807) is 31.6 Å². The Morgan fingerprint density at radius 2 is 1.77 bits per heavy atom. The second-order valence-corrected chi connectivity index (χ2v) is 8.68. The molecule has 8 nitrogen and oxygen atoms in total. The van der Waals surface area contributed by atoms with Crippen molar-refractivity contribution in [3.63, 3.8) is 0 Å². The van der Waals surface area contributed by atoms with Crippen LogP contribution >= 0.6 is 0 Å². The highest BCUT2D eigenvalue weighted by Gasteiger charge is 2.37. The van der Waals surface area contributed by atoms with Gasteiger partial charge in [0.25, 0.3) is 0 Å². The van der Waals surface area contributed by atoms with Crippen LogP contribution in [0.4, 0.5) is 30.6 Å². The van der Waals surface area contributed by atoms with E-state index in [1.807, 2.05) is 45.9 Å². The highest BCUT2D eigenvalue weighted by Crippen LogP contribution is 2.43. The first kappa shape index (κ1) is 29.4. The monoisotopic (exact) mass is 539 g/mol. The van der Waals surface area contributed by atoms with Crippen LogP contribution in [0.25, 0.3) is 5.57 Å². The Kier molecular flexibility index (Phi) is 9.47. The smallest absolute Gasteiger partial charge is 0.334 e. The Bertz CT molecular complexity index is 1350. The Morgan fingerprint density at radius 1 is 1.13 bits per heavy atom. The number of benzene rings is 2. The summed E-state index contributed by atoms with van der Waals surface area (Å²) >= 11 is 0. The number of amides is 2. The number of urea groups is 1. The number of hydrogen-bond donors (Lipinski definition) is 2. The third-order valence-electron chi connectivity index (χ3n) is 6.12. The van der Waals surface area contributed by atoms with Gasteiger partial charge in [0.1, 0.15) is 5.69 Å². The number of aryl methyl sites for hydroxylation is 1. The van der Waals surface area contributed by atoms with Crippen molar-refractivity contribution >= 4 is 28.7 Å². The van der Waals surface area contributed by atoms with Crippen LogP contribution < -0.4 is 30.3 Å². The molecule has 39 heavy (non-hydrogen) atoms. The maximum absolute atomic E-state index is 15.4. The molecule has 2 heterocycles. The largest absolute Gasteiger partial charge is 0.493 e. The lowest BCUT2D eigenvalue weighted by Crippen LogP contribution is -2.46. The summed E-state index contributed by atoms with van der Waals surface area (Å²) in [6.45, 7) is 7.60. The van der Waals surface area contributed by atoms with Crippen molar-refractivity contribution < 1.29 is 23.0 Å². The Balaban J connectivity index is 0.00000205. The van der Waals surface area contributed by atoms with E-state index < -0.39 is 23.4 Å². The minimum absolute atomic E-state index is 0.128. The van der Waals surface area contributed by atoms with Crippen LogP contribution in [0.15, 0.2) is 48.8 Å². The Morgan fingerprint density at radius 3 is 2.31 bits per heavy atom. The van der Waals surface area contributed by atoms with Crippen molar-refractivity contribution in [2.24, 2.45) is 5.73 Å². The lowest BCUT2D eigenvalue weighted by atomic mass is 10.0. The number of hydrogen-bond acceptors (Lipinski definition) is 6. The van der Waals surface area contributed by atoms with E-state index in [1.165, 1.54) is 19.1 Å². The molecule has 3 N–H and O–H groups in total. The van der Waals surface area contributed by atoms with Gasteiger partial charge in [0.2, 0.25) is 0 Å². The number of aromatic nitrogens is 1. The molecule has 1 unspecified atom stereocenters. The molecule has 2 amide bonds. The molecule has 2 aromatic carbocycles. The summed E-state index contributed by atoms with van der Waals surface area (Å²) in [6, 6.07) is 9.16. The minimum Gasteiger partial charge on any atom is -0.493 e. The predicted octanol–water partition coefficient (Wildman–Crippen LogP) is 5.90. The van der Waals surface area contributed by atoms with Gasteiger partial charge in [-0.25, -0.2) is 13.6 Å². The number of ether oxygens (including phenoxy) is 2. The molecule has 1 aliphatic heterocycles. The van der Waals surface area contributed by atoms with Gasteiger partial charge < -0.3 is 20.5 Å². The lowest BCUT2D eigenvalue weighted by molar-refractivity contribution is 0.251. The third kappa shape index (κ3) is 5.65. The fourth-order valence-corrected chi connectivity index (χ4v) is 4.32. The second-order valence-electron chi connectivity index (χ2n) is 8.68. The van der Waals surface area contributed by atoms with E-state index in [9.17, 15) is 4.79 Å². The molecule has 1 aliphatic rings. The van der Waals surface area contributed by atoms with E-state index in [4.69, 9.17) is 15.2 Å². The number of nitrogens with zero attached hydrogens (tertiary/aromatic N) is 3. The van der Waals surface area contributed by atoms with Crippen molar-refractivity contribution in [2.75, 3.05) is 31.1 Å². The summed E-state index contributed by atoms with van der Waals surface area (Å²) in [4.78, 5) is 21.0. The predicted molar refractivity (Wildman–Crippen MR) is 151 cm³/mol. The zero-order valence-electron chi connectivity index (χ0n) is 23.3. The van der Waals surface area contributed by atoms with Crippen molar-refractivity contribution in [1.82, 2.24) is 10.3 Å². The molecule has 0 saturated heterocycles. The maximum Gasteiger partial charge on any atom is 0.334 e. The van der Waals surface area contributed by atoms with Gasteiger partial charge in [-0.15, -0.1) is 0 Å². The van der Waals surface area contributed by atoms with E-state index in [0.717, 1.165) is 22.1 Å². The topological polar surface area (TPSA) is 93.0 Å². The zero-order chi connectivity index (χ0) is 28.9. The molecule has 208 valence electrons. The molecule has 0 fully saturated rings. The van der Waals surface area contributed by atoms with Crippen molar-refractivity contribution in [2.45, 2.75) is 40.3 Å². The zero-order valence-corrected chi connectivity index (χ0v) is 23.3. The summed E-state index contributed by atoms with van der Waals surface area (Å²) in [5.74, 6) is -2.52. The second kappa shape index (κ2) is 12.6. The molecule has 10 heteroatoms. The van der Waals surface area contributed by atoms with Crippen LogP contribution in [0.3, 0.4) is 0 Å². The number of nitrogens with one attached hydrogen (secondary N) is 1. The Hall–Kier alpha value is -4.18. The highest BCUT2D eigenvalue weighted by molar-refractivity contribution is 6.11. The summed E-state index contributed by atoms with van der Waals surface area (Å²) in [5, 5.41) is 2.97. The number of carbonyl (C=O) groups excluding carboxylic acids is 1. The van der Waals surface area contributed by atoms with Gasteiger partial charge in [0.15, 0.2) is 23.1 Å². The van der Waals surface area contributed by atoms with Crippen molar-refractivity contribution in [1.29, 1.82) is 0 Å². The fourth-order valence-electron chi connectivity index (χ4n) is 4.32. The van der Waals surface area contributed by atoms with Crippen LogP contribution in [0, 0.1) is 18.6 Å². The van der Waals surface area contributed by atoms with Gasteiger partial charge in [-0.3, -0.25) is 14.8 Å². The molecule has 0 radical (unpaired) electrons. The molecule has 1 atom stereocenters. The van der Waals surface area contributed by atoms with Crippen LogP contribution in [-0.4, -0.2) is 38.3 Å². The minimum atomic E-state index is -1.01. The van der Waals surface area contributed by atoms with Crippen LogP contribution in [0.2, 0.25) is 0 Å². The number of nitrogens with two attached hydrogens (primary N) is 1. The number of carbonyl (C=O) groups is 1. The first-order chi connectivity index (χ1) is 18.7. The van der Waals surface area contributed by atoms with Crippen LogP contribution in [0.5, 0.6) is 11.5 Å². The first-order valence-electron chi connectivity index (χ1n) is 12.6. The molecule has 1 aromatic heterocycles. The van der Waals surface area contributed by atoms with E-state index in [0.29, 0.717) is 22.6 Å². The quantitative estimate of drug-likeness (QED) is 0.389. The molecule has 0 bridgehead atoms.